The Morgan fingerprint density at radius 1 is 1.47 bits per heavy atom. The Morgan fingerprint density at radius 2 is 2.24 bits per heavy atom. The Labute approximate surface area is 107 Å². The summed E-state index contributed by atoms with van der Waals surface area (Å²) in [4.78, 5) is 9.00. The monoisotopic (exact) mass is 254 g/mol. The number of rotatable bonds is 2. The van der Waals surface area contributed by atoms with E-state index >= 15 is 0 Å². The highest BCUT2D eigenvalue weighted by molar-refractivity contribution is 6.29. The Bertz CT molecular complexity index is 376. The van der Waals surface area contributed by atoms with Crippen molar-refractivity contribution in [2.45, 2.75) is 19.4 Å². The quantitative estimate of drug-likeness (QED) is 0.819. The molecule has 0 aliphatic carbocycles. The molecular weight excluding hydrogens is 236 g/mol. The van der Waals surface area contributed by atoms with E-state index in [0.29, 0.717) is 16.9 Å². The highest BCUT2D eigenvalue weighted by Gasteiger charge is 2.23. The van der Waals surface area contributed by atoms with Crippen LogP contribution in [0.4, 0.5) is 11.5 Å². The molecule has 1 aromatic rings. The number of nitrogens with zero attached hydrogens (tertiary/aromatic N) is 3. The van der Waals surface area contributed by atoms with Gasteiger partial charge in [0.2, 0.25) is 0 Å². The van der Waals surface area contributed by atoms with Gasteiger partial charge in [-0.15, -0.1) is 0 Å². The predicted octanol–water partition coefficient (Wildman–Crippen LogP) is 1.85. The Balaban J connectivity index is 2.17. The minimum absolute atomic E-state index is 0.465. The first-order chi connectivity index (χ1) is 8.10. The van der Waals surface area contributed by atoms with Crippen LogP contribution in [-0.4, -0.2) is 42.6 Å². The predicted molar refractivity (Wildman–Crippen MR) is 72.6 cm³/mol. The number of hydrogen-bond donors (Lipinski definition) is 1. The highest BCUT2D eigenvalue weighted by atomic mass is 35.5. The van der Waals surface area contributed by atoms with Gasteiger partial charge in [0.15, 0.2) is 0 Å². The Morgan fingerprint density at radius 3 is 2.88 bits per heavy atom. The molecule has 4 nitrogen and oxygen atoms in total. The SMILES string of the molecule is CCC1CN(c2cc(N)cc(Cl)n2)CCN1C. The summed E-state index contributed by atoms with van der Waals surface area (Å²) in [6, 6.07) is 4.15. The number of piperazine rings is 1. The van der Waals surface area contributed by atoms with Crippen LogP contribution in [0.3, 0.4) is 0 Å². The largest absolute Gasteiger partial charge is 0.399 e. The first-order valence-electron chi connectivity index (χ1n) is 5.98. The van der Waals surface area contributed by atoms with Gasteiger partial charge in [-0.05, 0) is 19.5 Å². The third-order valence-corrected chi connectivity index (χ3v) is 3.57. The summed E-state index contributed by atoms with van der Waals surface area (Å²) in [6.45, 7) is 5.22. The summed E-state index contributed by atoms with van der Waals surface area (Å²) in [6.07, 6.45) is 1.14. The summed E-state index contributed by atoms with van der Waals surface area (Å²) in [5, 5.41) is 0.465. The van der Waals surface area contributed by atoms with Crippen LogP contribution < -0.4 is 10.6 Å². The van der Waals surface area contributed by atoms with E-state index in [-0.39, 0.29) is 0 Å². The molecule has 2 heterocycles. The smallest absolute Gasteiger partial charge is 0.133 e. The summed E-state index contributed by atoms with van der Waals surface area (Å²) < 4.78 is 0. The van der Waals surface area contributed by atoms with Gasteiger partial charge in [-0.1, -0.05) is 18.5 Å². The van der Waals surface area contributed by atoms with Gasteiger partial charge in [-0.3, -0.25) is 4.90 Å². The van der Waals surface area contributed by atoms with Gasteiger partial charge >= 0.3 is 0 Å². The number of nitrogen functional groups attached to an aromatic ring is 1. The molecule has 1 unspecified atom stereocenters. The van der Waals surface area contributed by atoms with E-state index in [0.717, 1.165) is 31.9 Å². The number of aromatic nitrogens is 1. The summed E-state index contributed by atoms with van der Waals surface area (Å²) in [5.74, 6) is 0.890. The van der Waals surface area contributed by atoms with E-state index in [4.69, 9.17) is 17.3 Å². The second-order valence-corrected chi connectivity index (χ2v) is 4.96. The molecule has 0 bridgehead atoms. The molecule has 1 aromatic heterocycles. The lowest BCUT2D eigenvalue weighted by Gasteiger charge is -2.39. The van der Waals surface area contributed by atoms with Crippen molar-refractivity contribution in [1.82, 2.24) is 9.88 Å². The van der Waals surface area contributed by atoms with E-state index in [1.807, 2.05) is 6.07 Å². The number of pyridine rings is 1. The molecule has 0 amide bonds. The van der Waals surface area contributed by atoms with Crippen LogP contribution in [-0.2, 0) is 0 Å². The van der Waals surface area contributed by atoms with Crippen molar-refractivity contribution < 1.29 is 0 Å². The molecule has 2 rings (SSSR count). The fourth-order valence-corrected chi connectivity index (χ4v) is 2.47. The van der Waals surface area contributed by atoms with E-state index in [1.165, 1.54) is 0 Å². The second kappa shape index (κ2) is 5.10. The average molecular weight is 255 g/mol. The van der Waals surface area contributed by atoms with E-state index in [9.17, 15) is 0 Å². The van der Waals surface area contributed by atoms with E-state index in [1.54, 1.807) is 6.07 Å². The summed E-state index contributed by atoms with van der Waals surface area (Å²) >= 11 is 5.94. The van der Waals surface area contributed by atoms with Gasteiger partial charge in [0.1, 0.15) is 11.0 Å². The van der Waals surface area contributed by atoms with Gasteiger partial charge in [-0.2, -0.15) is 0 Å². The maximum absolute atomic E-state index is 5.94. The standard InChI is InChI=1S/C12H19ClN4/c1-3-10-8-17(5-4-16(10)2)12-7-9(14)6-11(13)15-12/h6-7,10H,3-5,8H2,1-2H3,(H2,14,15). The van der Waals surface area contributed by atoms with Crippen LogP contribution in [0, 0.1) is 0 Å². The number of nitrogens with two attached hydrogens (primary N) is 1. The van der Waals surface area contributed by atoms with Crippen molar-refractivity contribution in [1.29, 1.82) is 0 Å². The molecule has 1 atom stereocenters. The number of likely N-dealkylation sites (N-methyl/N-ethyl adjacent to an activating group) is 1. The van der Waals surface area contributed by atoms with Crippen LogP contribution in [0.1, 0.15) is 13.3 Å². The van der Waals surface area contributed by atoms with Crippen molar-refractivity contribution in [3.63, 3.8) is 0 Å². The molecule has 1 aliphatic heterocycles. The Hall–Kier alpha value is -1.00. The average Bonchev–Trinajstić information content (AvgIpc) is 2.28. The number of hydrogen-bond acceptors (Lipinski definition) is 4. The van der Waals surface area contributed by atoms with E-state index in [2.05, 4.69) is 28.8 Å². The van der Waals surface area contributed by atoms with E-state index < -0.39 is 0 Å². The summed E-state index contributed by atoms with van der Waals surface area (Å²) in [5.41, 5.74) is 6.47. The number of anilines is 2. The number of halogens is 1. The molecular formula is C12H19ClN4. The second-order valence-electron chi connectivity index (χ2n) is 4.57. The first kappa shape index (κ1) is 12.5. The summed E-state index contributed by atoms with van der Waals surface area (Å²) in [7, 11) is 2.17. The van der Waals surface area contributed by atoms with Crippen LogP contribution in [0.2, 0.25) is 5.15 Å². The molecule has 1 aliphatic rings. The molecule has 1 fully saturated rings. The molecule has 2 N–H and O–H groups in total. The zero-order chi connectivity index (χ0) is 12.4. The maximum atomic E-state index is 5.94. The van der Waals surface area contributed by atoms with Gasteiger partial charge in [-0.25, -0.2) is 4.98 Å². The topological polar surface area (TPSA) is 45.4 Å². The van der Waals surface area contributed by atoms with Crippen LogP contribution in [0.25, 0.3) is 0 Å². The molecule has 0 saturated carbocycles. The normalized spacial score (nSPS) is 21.8. The first-order valence-corrected chi connectivity index (χ1v) is 6.36. The molecule has 94 valence electrons. The zero-order valence-corrected chi connectivity index (χ0v) is 11.1. The molecule has 1 saturated heterocycles. The fraction of sp³-hybridized carbons (Fsp3) is 0.583. The lowest BCUT2D eigenvalue weighted by Crippen LogP contribution is -2.51. The van der Waals surface area contributed by atoms with Crippen molar-refractivity contribution in [3.05, 3.63) is 17.3 Å². The van der Waals surface area contributed by atoms with Crippen LogP contribution in [0.15, 0.2) is 12.1 Å². The zero-order valence-electron chi connectivity index (χ0n) is 10.4. The van der Waals surface area contributed by atoms with Crippen molar-refractivity contribution in [3.8, 4) is 0 Å². The van der Waals surface area contributed by atoms with Crippen molar-refractivity contribution in [2.75, 3.05) is 37.3 Å². The molecule has 0 radical (unpaired) electrons. The van der Waals surface area contributed by atoms with Gasteiger partial charge in [0, 0.05) is 37.4 Å². The third kappa shape index (κ3) is 2.82. The Kier molecular flexibility index (Phi) is 3.74. The minimum Gasteiger partial charge on any atom is -0.399 e. The third-order valence-electron chi connectivity index (χ3n) is 3.38. The molecule has 17 heavy (non-hydrogen) atoms. The lowest BCUT2D eigenvalue weighted by atomic mass is 10.1. The lowest BCUT2D eigenvalue weighted by molar-refractivity contribution is 0.213. The fourth-order valence-electron chi connectivity index (χ4n) is 2.26. The van der Waals surface area contributed by atoms with Crippen molar-refractivity contribution in [2.24, 2.45) is 0 Å². The van der Waals surface area contributed by atoms with Gasteiger partial charge < -0.3 is 10.6 Å². The van der Waals surface area contributed by atoms with Gasteiger partial charge in [0.05, 0.1) is 0 Å². The van der Waals surface area contributed by atoms with Crippen LogP contribution in [0.5, 0.6) is 0 Å². The highest BCUT2D eigenvalue weighted by Crippen LogP contribution is 2.22. The molecule has 0 aromatic carbocycles. The minimum atomic E-state index is 0.465. The van der Waals surface area contributed by atoms with Gasteiger partial charge in [0.25, 0.3) is 0 Å². The maximum Gasteiger partial charge on any atom is 0.133 e. The molecule has 5 heteroatoms. The van der Waals surface area contributed by atoms with Crippen LogP contribution >= 0.6 is 11.6 Å². The molecule has 0 spiro atoms. The van der Waals surface area contributed by atoms with Crippen molar-refractivity contribution >= 4 is 23.1 Å².